The van der Waals surface area contributed by atoms with E-state index in [-0.39, 0.29) is 33.3 Å². The number of aromatic hydroxyl groups is 1. The number of primary amides is 1. The maximum atomic E-state index is 11.5. The van der Waals surface area contributed by atoms with Crippen molar-refractivity contribution in [3.8, 4) is 17.6 Å². The minimum Gasteiger partial charge on any atom is -0.505 e. The summed E-state index contributed by atoms with van der Waals surface area (Å²) in [5.41, 5.74) is 5.73. The average Bonchev–Trinajstić information content (AvgIpc) is 2.88. The van der Waals surface area contributed by atoms with Crippen molar-refractivity contribution < 1.29 is 14.6 Å². The van der Waals surface area contributed by atoms with Crippen LogP contribution in [0.5, 0.6) is 11.5 Å². The minimum atomic E-state index is -0.976. The molecule has 26 heavy (non-hydrogen) atoms. The van der Waals surface area contributed by atoms with Gasteiger partial charge in [-0.3, -0.25) is 4.79 Å². The van der Waals surface area contributed by atoms with Crippen molar-refractivity contribution in [3.63, 3.8) is 0 Å². The lowest BCUT2D eigenvalue weighted by Gasteiger charge is -2.10. The molecule has 0 saturated carbocycles. The van der Waals surface area contributed by atoms with E-state index in [1.165, 1.54) is 4.57 Å². The third kappa shape index (κ3) is 2.79. The summed E-state index contributed by atoms with van der Waals surface area (Å²) in [7, 11) is 1.56. The number of halogens is 2. The number of carbonyl (C=O) groups excluding carboxylic acids is 1. The molecule has 0 bridgehead atoms. The van der Waals surface area contributed by atoms with Crippen LogP contribution in [0.3, 0.4) is 0 Å². The summed E-state index contributed by atoms with van der Waals surface area (Å²) in [6, 6.07) is 9.10. The molecule has 1 amide bonds. The molecule has 7 nitrogen and oxygen atoms in total. The molecule has 0 saturated heterocycles. The largest absolute Gasteiger partial charge is 0.505 e. The Bertz CT molecular complexity index is 1070. The van der Waals surface area contributed by atoms with Crippen LogP contribution in [-0.2, 0) is 6.54 Å². The van der Waals surface area contributed by atoms with Gasteiger partial charge in [0.2, 0.25) is 0 Å². The number of nitrogens with zero attached hydrogens (tertiary/aromatic N) is 3. The van der Waals surface area contributed by atoms with Crippen LogP contribution in [0.1, 0.15) is 21.7 Å². The van der Waals surface area contributed by atoms with Crippen LogP contribution in [0.15, 0.2) is 24.3 Å². The highest BCUT2D eigenvalue weighted by molar-refractivity contribution is 6.46. The molecule has 0 aliphatic heterocycles. The van der Waals surface area contributed by atoms with Crippen LogP contribution < -0.4 is 10.5 Å². The van der Waals surface area contributed by atoms with Gasteiger partial charge in [-0.2, -0.15) is 5.26 Å². The van der Waals surface area contributed by atoms with Crippen LogP contribution in [-0.4, -0.2) is 27.7 Å². The van der Waals surface area contributed by atoms with Crippen LogP contribution in [0, 0.1) is 11.3 Å². The van der Waals surface area contributed by atoms with Gasteiger partial charge in [-0.05, 0) is 17.7 Å². The zero-order valence-electron chi connectivity index (χ0n) is 13.5. The molecule has 3 N–H and O–H groups in total. The van der Waals surface area contributed by atoms with E-state index in [0.29, 0.717) is 5.75 Å². The van der Waals surface area contributed by atoms with E-state index >= 15 is 0 Å². The number of carbonyl (C=O) groups is 1. The zero-order chi connectivity index (χ0) is 19.0. The molecule has 0 radical (unpaired) electrons. The first kappa shape index (κ1) is 17.9. The number of ether oxygens (including phenoxy) is 1. The van der Waals surface area contributed by atoms with Gasteiger partial charge in [-0.1, -0.05) is 35.3 Å². The SMILES string of the molecule is COc1ccc(Cn2c(Cl)c(Cl)c3c(O)c(C(N)=O)nc(C#N)c32)cc1. The summed E-state index contributed by atoms with van der Waals surface area (Å²) in [5, 5.41) is 20.0. The number of pyridine rings is 1. The summed E-state index contributed by atoms with van der Waals surface area (Å²) in [5.74, 6) is -0.791. The van der Waals surface area contributed by atoms with Gasteiger partial charge in [-0.15, -0.1) is 0 Å². The normalized spacial score (nSPS) is 10.7. The number of benzene rings is 1. The van der Waals surface area contributed by atoms with Gasteiger partial charge in [0.05, 0.1) is 23.0 Å². The number of rotatable bonds is 4. The Labute approximate surface area is 158 Å². The Hall–Kier alpha value is -2.95. The lowest BCUT2D eigenvalue weighted by Crippen LogP contribution is -2.14. The fraction of sp³-hybridized carbons (Fsp3) is 0.118. The Morgan fingerprint density at radius 3 is 2.58 bits per heavy atom. The maximum absolute atomic E-state index is 11.5. The predicted molar refractivity (Wildman–Crippen MR) is 96.7 cm³/mol. The number of aromatic nitrogens is 2. The number of nitriles is 1. The summed E-state index contributed by atoms with van der Waals surface area (Å²) in [6.45, 7) is 0.262. The van der Waals surface area contributed by atoms with Gasteiger partial charge < -0.3 is 20.1 Å². The van der Waals surface area contributed by atoms with Crippen molar-refractivity contribution in [2.75, 3.05) is 7.11 Å². The Morgan fingerprint density at radius 2 is 2.04 bits per heavy atom. The highest BCUT2D eigenvalue weighted by atomic mass is 35.5. The second-order valence-corrected chi connectivity index (χ2v) is 6.13. The van der Waals surface area contributed by atoms with Gasteiger partial charge in [0.25, 0.3) is 5.91 Å². The van der Waals surface area contributed by atoms with Crippen LogP contribution in [0.4, 0.5) is 0 Å². The van der Waals surface area contributed by atoms with Gasteiger partial charge in [0, 0.05) is 6.54 Å². The van der Waals surface area contributed by atoms with E-state index in [4.69, 9.17) is 33.7 Å². The third-order valence-electron chi connectivity index (χ3n) is 3.89. The first-order valence-corrected chi connectivity index (χ1v) is 8.07. The summed E-state index contributed by atoms with van der Waals surface area (Å²) < 4.78 is 6.66. The second-order valence-electron chi connectivity index (χ2n) is 5.40. The van der Waals surface area contributed by atoms with Crippen LogP contribution in [0.25, 0.3) is 10.9 Å². The maximum Gasteiger partial charge on any atom is 0.271 e. The highest BCUT2D eigenvalue weighted by Crippen LogP contribution is 2.41. The molecule has 2 aromatic heterocycles. The predicted octanol–water partition coefficient (Wildman–Crippen LogP) is 3.08. The Morgan fingerprint density at radius 1 is 1.38 bits per heavy atom. The molecule has 3 rings (SSSR count). The number of methoxy groups -OCH3 is 1. The minimum absolute atomic E-state index is 0.00841. The van der Waals surface area contributed by atoms with E-state index in [2.05, 4.69) is 4.98 Å². The first-order valence-electron chi connectivity index (χ1n) is 7.32. The molecule has 0 atom stereocenters. The monoisotopic (exact) mass is 390 g/mol. The number of fused-ring (bicyclic) bond motifs is 1. The van der Waals surface area contributed by atoms with E-state index in [1.807, 2.05) is 18.2 Å². The first-order chi connectivity index (χ1) is 12.4. The van der Waals surface area contributed by atoms with Gasteiger partial charge in [0.15, 0.2) is 17.1 Å². The number of hydrogen-bond donors (Lipinski definition) is 2. The molecule has 0 aliphatic rings. The van der Waals surface area contributed by atoms with Gasteiger partial charge in [-0.25, -0.2) is 4.98 Å². The molecule has 0 spiro atoms. The quantitative estimate of drug-likeness (QED) is 0.710. The van der Waals surface area contributed by atoms with Crippen molar-refractivity contribution in [2.24, 2.45) is 5.73 Å². The molecule has 9 heteroatoms. The van der Waals surface area contributed by atoms with Crippen LogP contribution in [0.2, 0.25) is 10.2 Å². The zero-order valence-corrected chi connectivity index (χ0v) is 15.0. The average molecular weight is 391 g/mol. The molecule has 0 fully saturated rings. The van der Waals surface area contributed by atoms with E-state index in [9.17, 15) is 15.2 Å². The lowest BCUT2D eigenvalue weighted by molar-refractivity contribution is 0.0993. The topological polar surface area (TPSA) is 114 Å². The molecular formula is C17H12Cl2N4O3. The van der Waals surface area contributed by atoms with E-state index in [1.54, 1.807) is 19.2 Å². The molecule has 0 unspecified atom stereocenters. The van der Waals surface area contributed by atoms with E-state index in [0.717, 1.165) is 5.56 Å². The smallest absolute Gasteiger partial charge is 0.271 e. The molecule has 3 aromatic rings. The van der Waals surface area contributed by atoms with Crippen molar-refractivity contribution in [1.82, 2.24) is 9.55 Å². The third-order valence-corrected chi connectivity index (χ3v) is 4.75. The summed E-state index contributed by atoms with van der Waals surface area (Å²) in [6.07, 6.45) is 0. The van der Waals surface area contributed by atoms with Crippen molar-refractivity contribution in [3.05, 3.63) is 51.4 Å². The molecule has 1 aromatic carbocycles. The molecule has 0 aliphatic carbocycles. The van der Waals surface area contributed by atoms with Crippen molar-refractivity contribution in [2.45, 2.75) is 6.54 Å². The molecule has 2 heterocycles. The Kier molecular flexibility index (Phi) is 4.64. The van der Waals surface area contributed by atoms with Gasteiger partial charge in [0.1, 0.15) is 17.0 Å². The van der Waals surface area contributed by atoms with Gasteiger partial charge >= 0.3 is 0 Å². The fourth-order valence-electron chi connectivity index (χ4n) is 2.67. The molecular weight excluding hydrogens is 379 g/mol. The molecule has 132 valence electrons. The van der Waals surface area contributed by atoms with Crippen molar-refractivity contribution >= 4 is 40.0 Å². The Balaban J connectivity index is 2.26. The van der Waals surface area contributed by atoms with E-state index < -0.39 is 17.4 Å². The highest BCUT2D eigenvalue weighted by Gasteiger charge is 2.26. The summed E-state index contributed by atoms with van der Waals surface area (Å²) >= 11 is 12.6. The number of amides is 1. The van der Waals surface area contributed by atoms with Crippen LogP contribution >= 0.6 is 23.2 Å². The fourth-order valence-corrected chi connectivity index (χ4v) is 3.19. The summed E-state index contributed by atoms with van der Waals surface area (Å²) in [4.78, 5) is 15.3. The number of nitrogens with two attached hydrogens (primary N) is 1. The second kappa shape index (κ2) is 6.75. The lowest BCUT2D eigenvalue weighted by atomic mass is 10.1. The van der Waals surface area contributed by atoms with Crippen molar-refractivity contribution in [1.29, 1.82) is 5.26 Å². The standard InChI is InChI=1S/C17H12Cl2N4O3/c1-26-9-4-2-8(3-5-9)7-23-14-10(6-20)22-13(17(21)25)15(24)11(14)12(18)16(23)19/h2-5,24H,7H2,1H3,(H2,21,25). The number of hydrogen-bond acceptors (Lipinski definition) is 5.